The van der Waals surface area contributed by atoms with E-state index in [2.05, 4.69) is 26.6 Å². The average Bonchev–Trinajstić information content (AvgIpc) is 3.03. The van der Waals surface area contributed by atoms with Gasteiger partial charge in [0.1, 0.15) is 0 Å². The minimum atomic E-state index is 0. The van der Waals surface area contributed by atoms with Gasteiger partial charge in [0.05, 0.1) is 0 Å². The lowest BCUT2D eigenvalue weighted by atomic mass is 10.2. The molecule has 0 unspecified atom stereocenters. The molecule has 1 aliphatic rings. The largest absolute Gasteiger partial charge is 0.356 e. The van der Waals surface area contributed by atoms with E-state index in [4.69, 9.17) is 11.6 Å². The number of hydrogen-bond acceptors (Lipinski definition) is 2. The Morgan fingerprint density at radius 3 is 2.70 bits per heavy atom. The third kappa shape index (κ3) is 8.22. The first-order chi connectivity index (χ1) is 10.8. The number of nitrogens with one attached hydrogen (secondary N) is 2. The molecule has 0 atom stereocenters. The van der Waals surface area contributed by atoms with Crippen LogP contribution in [0.4, 0.5) is 0 Å². The number of nitrogens with zero attached hydrogens (tertiary/aromatic N) is 2. The number of aliphatic imine (C=N–C) groups is 1. The molecule has 1 aromatic rings. The standard InChI is InChI=1S/C17H27ClN4.HI/c1-19-17(21-14-15-7-6-8-16(18)13-15)20-9-2-3-10-22-11-4-5-12-22;/h6-8,13H,2-5,9-12,14H2,1H3,(H2,19,20,21);1H. The monoisotopic (exact) mass is 450 g/mol. The van der Waals surface area contributed by atoms with Crippen LogP contribution in [0, 0.1) is 0 Å². The van der Waals surface area contributed by atoms with Crippen LogP contribution in [-0.2, 0) is 6.54 Å². The molecule has 0 amide bonds. The number of unbranched alkanes of at least 4 members (excludes halogenated alkanes) is 1. The highest BCUT2D eigenvalue weighted by Crippen LogP contribution is 2.10. The normalized spacial score (nSPS) is 15.3. The Morgan fingerprint density at radius 2 is 2.00 bits per heavy atom. The highest BCUT2D eigenvalue weighted by Gasteiger charge is 2.09. The van der Waals surface area contributed by atoms with E-state index in [9.17, 15) is 0 Å². The van der Waals surface area contributed by atoms with E-state index in [1.165, 1.54) is 45.3 Å². The molecule has 1 heterocycles. The van der Waals surface area contributed by atoms with Crippen molar-refractivity contribution in [3.05, 3.63) is 34.9 Å². The van der Waals surface area contributed by atoms with E-state index >= 15 is 0 Å². The summed E-state index contributed by atoms with van der Waals surface area (Å²) >= 11 is 5.99. The Labute approximate surface area is 162 Å². The van der Waals surface area contributed by atoms with Crippen molar-refractivity contribution in [3.8, 4) is 0 Å². The summed E-state index contributed by atoms with van der Waals surface area (Å²) in [6.45, 7) is 5.50. The highest BCUT2D eigenvalue weighted by atomic mass is 127. The van der Waals surface area contributed by atoms with E-state index in [1.807, 2.05) is 18.2 Å². The first-order valence-corrected chi connectivity index (χ1v) is 8.57. The van der Waals surface area contributed by atoms with Gasteiger partial charge in [-0.25, -0.2) is 0 Å². The summed E-state index contributed by atoms with van der Waals surface area (Å²) in [5, 5.41) is 7.45. The van der Waals surface area contributed by atoms with Gasteiger partial charge in [-0.05, 0) is 63.0 Å². The number of hydrogen-bond donors (Lipinski definition) is 2. The fourth-order valence-corrected chi connectivity index (χ4v) is 2.94. The number of benzene rings is 1. The SMILES string of the molecule is CN=C(NCCCCN1CCCC1)NCc1cccc(Cl)c1.I. The zero-order valence-corrected chi connectivity index (χ0v) is 16.9. The summed E-state index contributed by atoms with van der Waals surface area (Å²) in [7, 11) is 1.80. The number of guanidine groups is 1. The van der Waals surface area contributed by atoms with Crippen LogP contribution in [0.25, 0.3) is 0 Å². The second-order valence-corrected chi connectivity index (χ2v) is 6.17. The van der Waals surface area contributed by atoms with Gasteiger partial charge in [0.15, 0.2) is 5.96 Å². The summed E-state index contributed by atoms with van der Waals surface area (Å²) in [6.07, 6.45) is 5.17. The van der Waals surface area contributed by atoms with Crippen molar-refractivity contribution >= 4 is 41.5 Å². The fraction of sp³-hybridized carbons (Fsp3) is 0.588. The Hall–Kier alpha value is -0.530. The Morgan fingerprint density at radius 1 is 1.22 bits per heavy atom. The third-order valence-electron chi connectivity index (χ3n) is 3.96. The molecule has 1 saturated heterocycles. The van der Waals surface area contributed by atoms with Gasteiger partial charge in [-0.3, -0.25) is 4.99 Å². The highest BCUT2D eigenvalue weighted by molar-refractivity contribution is 14.0. The van der Waals surface area contributed by atoms with E-state index in [0.717, 1.165) is 29.6 Å². The van der Waals surface area contributed by atoms with E-state index < -0.39 is 0 Å². The van der Waals surface area contributed by atoms with Crippen LogP contribution in [0.1, 0.15) is 31.2 Å². The summed E-state index contributed by atoms with van der Waals surface area (Å²) < 4.78 is 0. The van der Waals surface area contributed by atoms with Gasteiger partial charge in [-0.1, -0.05) is 23.7 Å². The minimum absolute atomic E-state index is 0. The predicted molar refractivity (Wildman–Crippen MR) is 110 cm³/mol. The smallest absolute Gasteiger partial charge is 0.191 e. The molecular formula is C17H28ClIN4. The molecule has 0 radical (unpaired) electrons. The van der Waals surface area contributed by atoms with Gasteiger partial charge in [0.2, 0.25) is 0 Å². The summed E-state index contributed by atoms with van der Waals surface area (Å²) in [5.74, 6) is 0.848. The summed E-state index contributed by atoms with van der Waals surface area (Å²) in [4.78, 5) is 6.81. The number of likely N-dealkylation sites (tertiary alicyclic amines) is 1. The molecule has 23 heavy (non-hydrogen) atoms. The average molecular weight is 451 g/mol. The van der Waals surface area contributed by atoms with E-state index in [1.54, 1.807) is 7.05 Å². The van der Waals surface area contributed by atoms with Crippen molar-refractivity contribution in [1.82, 2.24) is 15.5 Å². The Bertz CT molecular complexity index is 475. The predicted octanol–water partition coefficient (Wildman–Crippen LogP) is 3.50. The maximum absolute atomic E-state index is 5.99. The molecule has 1 fully saturated rings. The zero-order chi connectivity index (χ0) is 15.6. The van der Waals surface area contributed by atoms with Crippen molar-refractivity contribution in [1.29, 1.82) is 0 Å². The van der Waals surface area contributed by atoms with Gasteiger partial charge in [0, 0.05) is 25.2 Å². The van der Waals surface area contributed by atoms with Crippen LogP contribution in [0.5, 0.6) is 0 Å². The third-order valence-corrected chi connectivity index (χ3v) is 4.20. The molecule has 4 nitrogen and oxygen atoms in total. The van der Waals surface area contributed by atoms with Gasteiger partial charge in [-0.15, -0.1) is 24.0 Å². The van der Waals surface area contributed by atoms with E-state index in [-0.39, 0.29) is 24.0 Å². The molecule has 2 rings (SSSR count). The maximum Gasteiger partial charge on any atom is 0.191 e. The molecule has 1 aliphatic heterocycles. The lowest BCUT2D eigenvalue weighted by Crippen LogP contribution is -2.37. The molecule has 6 heteroatoms. The lowest BCUT2D eigenvalue weighted by molar-refractivity contribution is 0.330. The van der Waals surface area contributed by atoms with Crippen molar-refractivity contribution in [3.63, 3.8) is 0 Å². The lowest BCUT2D eigenvalue weighted by Gasteiger charge is -2.15. The zero-order valence-electron chi connectivity index (χ0n) is 13.9. The first-order valence-electron chi connectivity index (χ1n) is 8.19. The molecule has 2 N–H and O–H groups in total. The van der Waals surface area contributed by atoms with Gasteiger partial charge in [0.25, 0.3) is 0 Å². The van der Waals surface area contributed by atoms with Gasteiger partial charge >= 0.3 is 0 Å². The van der Waals surface area contributed by atoms with Crippen LogP contribution < -0.4 is 10.6 Å². The first kappa shape index (κ1) is 20.5. The van der Waals surface area contributed by atoms with Crippen LogP contribution in [0.15, 0.2) is 29.3 Å². The molecule has 0 saturated carbocycles. The second-order valence-electron chi connectivity index (χ2n) is 5.74. The van der Waals surface area contributed by atoms with Crippen molar-refractivity contribution in [2.45, 2.75) is 32.2 Å². The molecule has 0 aromatic heterocycles. The number of halogens is 2. The molecule has 1 aromatic carbocycles. The molecule has 130 valence electrons. The molecule has 0 aliphatic carbocycles. The Kier molecular flexibility index (Phi) is 10.6. The topological polar surface area (TPSA) is 39.7 Å². The fourth-order valence-electron chi connectivity index (χ4n) is 2.73. The van der Waals surface area contributed by atoms with Crippen LogP contribution >= 0.6 is 35.6 Å². The van der Waals surface area contributed by atoms with Crippen LogP contribution in [0.2, 0.25) is 5.02 Å². The molecule has 0 bridgehead atoms. The quantitative estimate of drug-likeness (QED) is 0.289. The Balaban J connectivity index is 0.00000264. The van der Waals surface area contributed by atoms with Crippen molar-refractivity contribution < 1.29 is 0 Å². The molecule has 0 spiro atoms. The maximum atomic E-state index is 5.99. The minimum Gasteiger partial charge on any atom is -0.356 e. The van der Waals surface area contributed by atoms with Crippen molar-refractivity contribution in [2.24, 2.45) is 4.99 Å². The van der Waals surface area contributed by atoms with Gasteiger partial charge in [-0.2, -0.15) is 0 Å². The van der Waals surface area contributed by atoms with Gasteiger partial charge < -0.3 is 15.5 Å². The van der Waals surface area contributed by atoms with E-state index in [0.29, 0.717) is 0 Å². The number of rotatable bonds is 7. The summed E-state index contributed by atoms with van der Waals surface area (Å²) in [6, 6.07) is 7.88. The van der Waals surface area contributed by atoms with Crippen molar-refractivity contribution in [2.75, 3.05) is 33.2 Å². The molecular weight excluding hydrogens is 423 g/mol. The van der Waals surface area contributed by atoms with Crippen LogP contribution in [-0.4, -0.2) is 44.1 Å². The van der Waals surface area contributed by atoms with Crippen LogP contribution in [0.3, 0.4) is 0 Å². The second kappa shape index (κ2) is 11.9. The summed E-state index contributed by atoms with van der Waals surface area (Å²) in [5.41, 5.74) is 1.16.